The van der Waals surface area contributed by atoms with Gasteiger partial charge in [-0.15, -0.1) is 0 Å². The monoisotopic (exact) mass is 358 g/mol. The summed E-state index contributed by atoms with van der Waals surface area (Å²) in [7, 11) is 0. The number of carboxylic acids is 1. The third kappa shape index (κ3) is 4.01. The third-order valence-corrected chi connectivity index (χ3v) is 3.59. The molecule has 0 fully saturated rings. The lowest BCUT2D eigenvalue weighted by Gasteiger charge is -2.34. The fraction of sp³-hybridized carbons (Fsp3) is 0.385. The molecular formula is C13H15BrN2O5. The van der Waals surface area contributed by atoms with Gasteiger partial charge in [0.15, 0.2) is 0 Å². The number of hydrogen-bond acceptors (Lipinski definition) is 4. The van der Waals surface area contributed by atoms with Crippen molar-refractivity contribution in [1.82, 2.24) is 4.90 Å². The molecule has 1 aromatic carbocycles. The number of nitro groups is 1. The third-order valence-electron chi connectivity index (χ3n) is 2.75. The average molecular weight is 359 g/mol. The Morgan fingerprint density at radius 1 is 1.38 bits per heavy atom. The predicted molar refractivity (Wildman–Crippen MR) is 79.2 cm³/mol. The first kappa shape index (κ1) is 17.1. The Bertz CT molecular complexity index is 595. The molecule has 8 heteroatoms. The Labute approximate surface area is 129 Å². The van der Waals surface area contributed by atoms with E-state index in [1.807, 2.05) is 0 Å². The smallest absolute Gasteiger partial charge is 0.323 e. The first-order valence-electron chi connectivity index (χ1n) is 6.02. The molecule has 1 amide bonds. The highest BCUT2D eigenvalue weighted by Crippen LogP contribution is 2.30. The summed E-state index contributed by atoms with van der Waals surface area (Å²) in [6.45, 7) is 4.59. The molecule has 0 atom stereocenters. The fourth-order valence-corrected chi connectivity index (χ4v) is 2.30. The van der Waals surface area contributed by atoms with Crippen LogP contribution in [-0.4, -0.2) is 38.9 Å². The fourth-order valence-electron chi connectivity index (χ4n) is 1.72. The van der Waals surface area contributed by atoms with Gasteiger partial charge in [-0.1, -0.05) is 6.07 Å². The van der Waals surface area contributed by atoms with E-state index in [1.54, 1.807) is 20.8 Å². The Morgan fingerprint density at radius 3 is 2.38 bits per heavy atom. The second-order valence-corrected chi connectivity index (χ2v) is 6.14. The van der Waals surface area contributed by atoms with Crippen molar-refractivity contribution < 1.29 is 19.6 Å². The summed E-state index contributed by atoms with van der Waals surface area (Å²) >= 11 is 3.05. The second kappa shape index (κ2) is 6.21. The summed E-state index contributed by atoms with van der Waals surface area (Å²) in [5.41, 5.74) is -0.926. The molecular weight excluding hydrogens is 344 g/mol. The Morgan fingerprint density at radius 2 is 1.95 bits per heavy atom. The molecule has 0 aliphatic carbocycles. The van der Waals surface area contributed by atoms with Gasteiger partial charge in [-0.3, -0.25) is 19.7 Å². The predicted octanol–water partition coefficient (Wildman–Crippen LogP) is 2.68. The number of benzene rings is 1. The summed E-state index contributed by atoms with van der Waals surface area (Å²) in [6, 6.07) is 4.07. The largest absolute Gasteiger partial charge is 0.480 e. The molecule has 1 aromatic rings. The molecule has 114 valence electrons. The van der Waals surface area contributed by atoms with Crippen LogP contribution in [0.5, 0.6) is 0 Å². The van der Waals surface area contributed by atoms with Gasteiger partial charge in [0.1, 0.15) is 11.0 Å². The second-order valence-electron chi connectivity index (χ2n) is 5.35. The van der Waals surface area contributed by atoms with E-state index >= 15 is 0 Å². The summed E-state index contributed by atoms with van der Waals surface area (Å²) < 4.78 is 0.0413. The number of hydrogen-bond donors (Lipinski definition) is 1. The van der Waals surface area contributed by atoms with E-state index < -0.39 is 28.9 Å². The zero-order chi connectivity index (χ0) is 16.4. The van der Waals surface area contributed by atoms with Crippen molar-refractivity contribution in [2.45, 2.75) is 26.3 Å². The molecule has 0 radical (unpaired) electrons. The minimum Gasteiger partial charge on any atom is -0.480 e. The number of carbonyl (C=O) groups is 2. The number of carboxylic acid groups (broad SMARTS) is 1. The number of nitrogens with zero attached hydrogens (tertiary/aromatic N) is 2. The van der Waals surface area contributed by atoms with Crippen LogP contribution in [0.25, 0.3) is 0 Å². The van der Waals surface area contributed by atoms with Gasteiger partial charge < -0.3 is 10.0 Å². The van der Waals surface area contributed by atoms with Crippen LogP contribution in [0.4, 0.5) is 5.69 Å². The molecule has 0 saturated carbocycles. The zero-order valence-corrected chi connectivity index (χ0v) is 13.4. The molecule has 0 aliphatic heterocycles. The highest BCUT2D eigenvalue weighted by molar-refractivity contribution is 9.10. The Hall–Kier alpha value is -1.96. The van der Waals surface area contributed by atoms with Crippen molar-refractivity contribution in [3.05, 3.63) is 38.3 Å². The van der Waals surface area contributed by atoms with Crippen LogP contribution in [0.1, 0.15) is 31.1 Å². The van der Waals surface area contributed by atoms with Gasteiger partial charge in [-0.2, -0.15) is 0 Å². The van der Waals surface area contributed by atoms with E-state index in [0.29, 0.717) is 0 Å². The van der Waals surface area contributed by atoms with E-state index in [-0.39, 0.29) is 15.7 Å². The SMILES string of the molecule is CC(C)(C)N(CC(=O)O)C(=O)c1cccc([N+](=O)[O-])c1Br. The van der Waals surface area contributed by atoms with E-state index in [9.17, 15) is 19.7 Å². The molecule has 21 heavy (non-hydrogen) atoms. The first-order chi connectivity index (χ1) is 9.55. The van der Waals surface area contributed by atoms with Crippen LogP contribution < -0.4 is 0 Å². The minimum atomic E-state index is -1.15. The molecule has 0 spiro atoms. The summed E-state index contributed by atoms with van der Waals surface area (Å²) in [5, 5.41) is 19.8. The summed E-state index contributed by atoms with van der Waals surface area (Å²) in [4.78, 5) is 34.9. The van der Waals surface area contributed by atoms with Crippen LogP contribution >= 0.6 is 15.9 Å². The highest BCUT2D eigenvalue weighted by Gasteiger charge is 2.31. The Kier molecular flexibility index (Phi) is 5.06. The van der Waals surface area contributed by atoms with Gasteiger partial charge >= 0.3 is 5.97 Å². The lowest BCUT2D eigenvalue weighted by atomic mass is 10.0. The van der Waals surface area contributed by atoms with Crippen molar-refractivity contribution in [2.75, 3.05) is 6.54 Å². The maximum absolute atomic E-state index is 12.5. The van der Waals surface area contributed by atoms with Crippen LogP contribution in [0.2, 0.25) is 0 Å². The zero-order valence-electron chi connectivity index (χ0n) is 11.8. The first-order valence-corrected chi connectivity index (χ1v) is 6.81. The number of rotatable bonds is 4. The lowest BCUT2D eigenvalue weighted by Crippen LogP contribution is -2.48. The van der Waals surface area contributed by atoms with Gasteiger partial charge in [0.2, 0.25) is 0 Å². The summed E-state index contributed by atoms with van der Waals surface area (Å²) in [5.74, 6) is -1.74. The molecule has 0 bridgehead atoms. The number of nitro benzene ring substituents is 1. The lowest BCUT2D eigenvalue weighted by molar-refractivity contribution is -0.385. The van der Waals surface area contributed by atoms with Crippen molar-refractivity contribution >= 4 is 33.5 Å². The normalized spacial score (nSPS) is 11.0. The van der Waals surface area contributed by atoms with Crippen LogP contribution in [0.3, 0.4) is 0 Å². The molecule has 0 heterocycles. The molecule has 0 aromatic heterocycles. The van der Waals surface area contributed by atoms with Gasteiger partial charge in [-0.25, -0.2) is 0 Å². The van der Waals surface area contributed by atoms with Crippen molar-refractivity contribution in [2.24, 2.45) is 0 Å². The van der Waals surface area contributed by atoms with Gasteiger partial charge in [-0.05, 0) is 42.8 Å². The standard InChI is InChI=1S/C13H15BrN2O5/c1-13(2,3)15(7-10(17)18)12(19)8-5-4-6-9(11(8)14)16(20)21/h4-6H,7H2,1-3H3,(H,17,18). The van der Waals surface area contributed by atoms with Gasteiger partial charge in [0.05, 0.1) is 10.5 Å². The maximum atomic E-state index is 12.5. The van der Waals surface area contributed by atoms with Crippen LogP contribution in [-0.2, 0) is 4.79 Å². The molecule has 7 nitrogen and oxygen atoms in total. The number of halogens is 1. The highest BCUT2D eigenvalue weighted by atomic mass is 79.9. The maximum Gasteiger partial charge on any atom is 0.323 e. The quantitative estimate of drug-likeness (QED) is 0.658. The van der Waals surface area contributed by atoms with E-state index in [1.165, 1.54) is 18.2 Å². The van der Waals surface area contributed by atoms with Gasteiger partial charge in [0.25, 0.3) is 11.6 Å². The van der Waals surface area contributed by atoms with Crippen LogP contribution in [0.15, 0.2) is 22.7 Å². The van der Waals surface area contributed by atoms with Crippen molar-refractivity contribution in [1.29, 1.82) is 0 Å². The molecule has 0 unspecified atom stereocenters. The molecule has 1 N–H and O–H groups in total. The average Bonchev–Trinajstić information content (AvgIpc) is 2.33. The summed E-state index contributed by atoms with van der Waals surface area (Å²) in [6.07, 6.45) is 0. The topological polar surface area (TPSA) is 101 Å². The molecule has 1 rings (SSSR count). The molecule has 0 saturated heterocycles. The van der Waals surface area contributed by atoms with E-state index in [4.69, 9.17) is 5.11 Å². The molecule has 0 aliphatic rings. The number of aliphatic carboxylic acids is 1. The van der Waals surface area contributed by atoms with Crippen LogP contribution in [0, 0.1) is 10.1 Å². The van der Waals surface area contributed by atoms with E-state index in [0.717, 1.165) is 4.90 Å². The van der Waals surface area contributed by atoms with Crippen molar-refractivity contribution in [3.8, 4) is 0 Å². The minimum absolute atomic E-state index is 0.0413. The number of amides is 1. The van der Waals surface area contributed by atoms with Crippen molar-refractivity contribution in [3.63, 3.8) is 0 Å². The number of carbonyl (C=O) groups excluding carboxylic acids is 1. The van der Waals surface area contributed by atoms with Gasteiger partial charge in [0, 0.05) is 11.6 Å². The Balaban J connectivity index is 3.31. The van der Waals surface area contributed by atoms with E-state index in [2.05, 4.69) is 15.9 Å².